The third kappa shape index (κ3) is 4.02. The molecule has 0 spiro atoms. The van der Waals surface area contributed by atoms with Crippen molar-refractivity contribution in [2.45, 2.75) is 6.92 Å². The number of pyridine rings is 1. The van der Waals surface area contributed by atoms with E-state index in [1.807, 2.05) is 30.3 Å². The van der Waals surface area contributed by atoms with Crippen LogP contribution in [0.2, 0.25) is 0 Å². The van der Waals surface area contributed by atoms with Gasteiger partial charge in [0.1, 0.15) is 11.5 Å². The van der Waals surface area contributed by atoms with Crippen LogP contribution in [0.25, 0.3) is 22.4 Å². The summed E-state index contributed by atoms with van der Waals surface area (Å²) in [6, 6.07) is 15.8. The van der Waals surface area contributed by atoms with Crippen LogP contribution in [0, 0.1) is 6.92 Å². The zero-order valence-corrected chi connectivity index (χ0v) is 17.7. The number of benzene rings is 2. The lowest BCUT2D eigenvalue weighted by molar-refractivity contribution is 0.0475. The van der Waals surface area contributed by atoms with Gasteiger partial charge in [-0.05, 0) is 31.2 Å². The number of carbonyl (C=O) groups is 2. The minimum Gasteiger partial charge on any atom is -0.497 e. The number of methoxy groups -OCH3 is 2. The first-order valence-corrected chi connectivity index (χ1v) is 9.76. The van der Waals surface area contributed by atoms with E-state index < -0.39 is 18.4 Å². The zero-order chi connectivity index (χ0) is 22.7. The topological polar surface area (TPSA) is 101 Å². The quantitative estimate of drug-likeness (QED) is 0.315. The lowest BCUT2D eigenvalue weighted by Gasteiger charge is -2.11. The maximum Gasteiger partial charge on any atom is 0.339 e. The van der Waals surface area contributed by atoms with Crippen LogP contribution in [-0.4, -0.2) is 42.7 Å². The molecule has 0 saturated carbocycles. The van der Waals surface area contributed by atoms with Crippen LogP contribution in [0.5, 0.6) is 11.5 Å². The Kier molecular flexibility index (Phi) is 5.85. The van der Waals surface area contributed by atoms with E-state index in [1.165, 1.54) is 20.3 Å². The van der Waals surface area contributed by atoms with Crippen LogP contribution in [-0.2, 0) is 4.74 Å². The normalized spacial score (nSPS) is 10.7. The average molecular weight is 432 g/mol. The molecule has 8 nitrogen and oxygen atoms in total. The Morgan fingerprint density at radius 3 is 2.47 bits per heavy atom. The molecule has 162 valence electrons. The summed E-state index contributed by atoms with van der Waals surface area (Å²) in [5, 5.41) is 4.36. The molecule has 32 heavy (non-hydrogen) atoms. The van der Waals surface area contributed by atoms with Crippen molar-refractivity contribution < 1.29 is 28.3 Å². The molecule has 2 heterocycles. The summed E-state index contributed by atoms with van der Waals surface area (Å²) in [6.07, 6.45) is 0. The number of carbonyl (C=O) groups excluding carboxylic acids is 2. The number of hydrogen-bond acceptors (Lipinski definition) is 8. The lowest BCUT2D eigenvalue weighted by Crippen LogP contribution is -2.15. The Labute approximate surface area is 183 Å². The van der Waals surface area contributed by atoms with Crippen molar-refractivity contribution in [2.75, 3.05) is 20.8 Å². The van der Waals surface area contributed by atoms with Crippen LogP contribution in [0.1, 0.15) is 26.4 Å². The van der Waals surface area contributed by atoms with Gasteiger partial charge in [0.05, 0.1) is 42.1 Å². The van der Waals surface area contributed by atoms with E-state index in [2.05, 4.69) is 10.1 Å². The summed E-state index contributed by atoms with van der Waals surface area (Å²) in [5.41, 5.74) is 2.52. The van der Waals surface area contributed by atoms with Gasteiger partial charge in [-0.2, -0.15) is 0 Å². The highest BCUT2D eigenvalue weighted by atomic mass is 16.5. The van der Waals surface area contributed by atoms with Gasteiger partial charge in [0, 0.05) is 5.56 Å². The number of Topliss-reactive ketones (excluding diaryl/α,β-unsaturated/α-hetero) is 1. The molecule has 0 aliphatic carbocycles. The molecule has 0 radical (unpaired) electrons. The average Bonchev–Trinajstić information content (AvgIpc) is 3.22. The highest BCUT2D eigenvalue weighted by Crippen LogP contribution is 2.28. The fourth-order valence-corrected chi connectivity index (χ4v) is 3.33. The van der Waals surface area contributed by atoms with Gasteiger partial charge < -0.3 is 18.7 Å². The minimum absolute atomic E-state index is 0.219. The van der Waals surface area contributed by atoms with E-state index in [9.17, 15) is 9.59 Å². The Morgan fingerprint density at radius 1 is 0.969 bits per heavy atom. The van der Waals surface area contributed by atoms with E-state index in [-0.39, 0.29) is 16.8 Å². The third-order valence-corrected chi connectivity index (χ3v) is 4.95. The number of esters is 1. The number of ether oxygens (including phenoxy) is 3. The van der Waals surface area contributed by atoms with E-state index in [1.54, 1.807) is 25.1 Å². The van der Waals surface area contributed by atoms with Crippen LogP contribution in [0.3, 0.4) is 0 Å². The summed E-state index contributed by atoms with van der Waals surface area (Å²) >= 11 is 0. The van der Waals surface area contributed by atoms with E-state index in [0.717, 1.165) is 5.56 Å². The first-order chi connectivity index (χ1) is 15.5. The number of rotatable bonds is 7. The fraction of sp³-hybridized carbons (Fsp3) is 0.167. The molecule has 2 aromatic carbocycles. The molecule has 8 heteroatoms. The highest BCUT2D eigenvalue weighted by molar-refractivity contribution is 6.06. The molecule has 2 aromatic heterocycles. The van der Waals surface area contributed by atoms with Gasteiger partial charge >= 0.3 is 5.97 Å². The second-order valence-electron chi connectivity index (χ2n) is 6.93. The summed E-state index contributed by atoms with van der Waals surface area (Å²) in [7, 11) is 2.95. The van der Waals surface area contributed by atoms with Gasteiger partial charge in [0.15, 0.2) is 6.61 Å². The predicted octanol–water partition coefficient (Wildman–Crippen LogP) is 4.26. The maximum atomic E-state index is 13.0. The fourth-order valence-electron chi connectivity index (χ4n) is 3.33. The van der Waals surface area contributed by atoms with Crippen molar-refractivity contribution in [1.29, 1.82) is 0 Å². The highest BCUT2D eigenvalue weighted by Gasteiger charge is 2.22. The van der Waals surface area contributed by atoms with Crippen molar-refractivity contribution in [3.63, 3.8) is 0 Å². The van der Waals surface area contributed by atoms with Crippen LogP contribution >= 0.6 is 0 Å². The van der Waals surface area contributed by atoms with E-state index >= 15 is 0 Å². The third-order valence-electron chi connectivity index (χ3n) is 4.95. The number of ketones is 1. The summed E-state index contributed by atoms with van der Waals surface area (Å²) in [5.74, 6) is -0.260. The molecule has 0 saturated heterocycles. The van der Waals surface area contributed by atoms with Crippen molar-refractivity contribution in [2.24, 2.45) is 0 Å². The first kappa shape index (κ1) is 21.0. The monoisotopic (exact) mass is 432 g/mol. The smallest absolute Gasteiger partial charge is 0.339 e. The maximum absolute atomic E-state index is 13.0. The molecule has 0 unspecified atom stereocenters. The number of nitrogens with zero attached hydrogens (tertiary/aromatic N) is 2. The van der Waals surface area contributed by atoms with Gasteiger partial charge in [0.25, 0.3) is 5.71 Å². The predicted molar refractivity (Wildman–Crippen MR) is 116 cm³/mol. The summed E-state index contributed by atoms with van der Waals surface area (Å²) in [4.78, 5) is 30.2. The molecule has 0 bridgehead atoms. The van der Waals surface area contributed by atoms with Gasteiger partial charge in [-0.3, -0.25) is 4.79 Å². The van der Waals surface area contributed by atoms with Crippen LogP contribution in [0.4, 0.5) is 0 Å². The van der Waals surface area contributed by atoms with Gasteiger partial charge in [-0.25, -0.2) is 9.78 Å². The number of hydrogen-bond donors (Lipinski definition) is 0. The van der Waals surface area contributed by atoms with Crippen molar-refractivity contribution >= 4 is 22.9 Å². The number of aromatic nitrogens is 2. The minimum atomic E-state index is -0.684. The van der Waals surface area contributed by atoms with Crippen molar-refractivity contribution in [3.8, 4) is 22.8 Å². The second kappa shape index (κ2) is 8.89. The molecule has 0 atom stereocenters. The van der Waals surface area contributed by atoms with Gasteiger partial charge in [0.2, 0.25) is 5.78 Å². The van der Waals surface area contributed by atoms with Gasteiger partial charge in [-0.15, -0.1) is 0 Å². The van der Waals surface area contributed by atoms with Crippen LogP contribution in [0.15, 0.2) is 59.1 Å². The van der Waals surface area contributed by atoms with E-state index in [4.69, 9.17) is 18.7 Å². The number of fused-ring (bicyclic) bond motifs is 1. The Hall–Kier alpha value is -4.20. The van der Waals surface area contributed by atoms with Gasteiger partial charge in [-0.1, -0.05) is 35.5 Å². The molecule has 4 aromatic rings. The molecule has 4 rings (SSSR count). The van der Waals surface area contributed by atoms with Crippen molar-refractivity contribution in [1.82, 2.24) is 10.1 Å². The number of aryl methyl sites for hydroxylation is 1. The zero-order valence-electron chi connectivity index (χ0n) is 17.7. The largest absolute Gasteiger partial charge is 0.497 e. The second-order valence-corrected chi connectivity index (χ2v) is 6.93. The molecular weight excluding hydrogens is 412 g/mol. The Morgan fingerprint density at radius 2 is 1.75 bits per heavy atom. The molecule has 0 aliphatic rings. The molecule has 0 amide bonds. The molecule has 0 fully saturated rings. The SMILES string of the molecule is COc1ccc(OC)c(C(=O)COC(=O)c2cc(-c3ccccc3)nc3onc(C)c23)c1. The van der Waals surface area contributed by atoms with E-state index in [0.29, 0.717) is 28.3 Å². The Bertz CT molecular complexity index is 1300. The van der Waals surface area contributed by atoms with Crippen LogP contribution < -0.4 is 9.47 Å². The lowest BCUT2D eigenvalue weighted by atomic mass is 10.1. The molecule has 0 N–H and O–H groups in total. The van der Waals surface area contributed by atoms with Crippen molar-refractivity contribution in [3.05, 3.63) is 71.4 Å². The Balaban J connectivity index is 1.63. The summed E-state index contributed by atoms with van der Waals surface area (Å²) in [6.45, 7) is 1.23. The molecule has 0 aliphatic heterocycles. The summed E-state index contributed by atoms with van der Waals surface area (Å²) < 4.78 is 21.1. The molecular formula is C24H20N2O6. The first-order valence-electron chi connectivity index (χ1n) is 9.76. The standard InChI is InChI=1S/C24H20N2O6/c1-14-22-18(12-19(25-23(22)32-26-14)15-7-5-4-6-8-15)24(28)31-13-20(27)17-11-16(29-2)9-10-21(17)30-3/h4-12H,13H2,1-3H3.